The van der Waals surface area contributed by atoms with Gasteiger partial charge in [0.05, 0.1) is 28.6 Å². The first-order chi connectivity index (χ1) is 20.8. The summed E-state index contributed by atoms with van der Waals surface area (Å²) in [6.45, 7) is 0.454. The quantitative estimate of drug-likeness (QED) is 0.152. The van der Waals surface area contributed by atoms with Crippen LogP contribution in [0.5, 0.6) is 0 Å². The maximum Gasteiger partial charge on any atom is 0.247 e. The summed E-state index contributed by atoms with van der Waals surface area (Å²) >= 11 is 1.31. The minimum absolute atomic E-state index is 0.0428. The highest BCUT2D eigenvalue weighted by Gasteiger charge is 2.57. The van der Waals surface area contributed by atoms with Crippen LogP contribution in [0.4, 0.5) is 0 Å². The summed E-state index contributed by atoms with van der Waals surface area (Å²) in [7, 11) is 0. The molecule has 3 amide bonds. The molecule has 3 aromatic rings. The SMILES string of the molecule is NCC1C(=O)N2C(CCC2C(=O)NC2C(CN=C(N)N)C2C(=O)c2nc3ccccc3s2)CN1C(=O)Cc1ccccc1. The van der Waals surface area contributed by atoms with Crippen LogP contribution in [0.3, 0.4) is 0 Å². The number of amides is 3. The van der Waals surface area contributed by atoms with Gasteiger partial charge in [-0.05, 0) is 30.5 Å². The lowest BCUT2D eigenvalue weighted by atomic mass is 10.0. The van der Waals surface area contributed by atoms with Gasteiger partial charge in [0.2, 0.25) is 17.7 Å². The van der Waals surface area contributed by atoms with Crippen LogP contribution in [0.2, 0.25) is 0 Å². The third-order valence-corrected chi connectivity index (χ3v) is 9.69. The van der Waals surface area contributed by atoms with Crippen molar-refractivity contribution in [2.75, 3.05) is 19.6 Å². The van der Waals surface area contributed by atoms with Crippen molar-refractivity contribution >= 4 is 51.0 Å². The molecule has 1 aliphatic carbocycles. The average molecular weight is 603 g/mol. The minimum Gasteiger partial charge on any atom is -0.370 e. The van der Waals surface area contributed by atoms with Crippen LogP contribution in [-0.2, 0) is 20.8 Å². The van der Waals surface area contributed by atoms with Gasteiger partial charge in [-0.25, -0.2) is 4.98 Å². The van der Waals surface area contributed by atoms with Gasteiger partial charge in [0, 0.05) is 31.6 Å². The topological polar surface area (TPSA) is 190 Å². The number of rotatable bonds is 9. The maximum absolute atomic E-state index is 13.7. The van der Waals surface area contributed by atoms with Gasteiger partial charge in [-0.3, -0.25) is 24.2 Å². The van der Waals surface area contributed by atoms with Gasteiger partial charge >= 0.3 is 0 Å². The number of guanidine groups is 1. The highest BCUT2D eigenvalue weighted by atomic mass is 32.1. The molecule has 0 bridgehead atoms. The van der Waals surface area contributed by atoms with E-state index in [0.29, 0.717) is 24.4 Å². The van der Waals surface area contributed by atoms with Crippen molar-refractivity contribution in [2.24, 2.45) is 34.0 Å². The molecule has 7 N–H and O–H groups in total. The Morgan fingerprint density at radius 2 is 1.79 bits per heavy atom. The van der Waals surface area contributed by atoms with Crippen LogP contribution in [0.25, 0.3) is 10.2 Å². The maximum atomic E-state index is 13.7. The van der Waals surface area contributed by atoms with Gasteiger partial charge in [0.15, 0.2) is 16.8 Å². The molecule has 3 heterocycles. The number of Topliss-reactive ketones (excluding diaryl/α,β-unsaturated/α-hetero) is 1. The van der Waals surface area contributed by atoms with Crippen LogP contribution < -0.4 is 22.5 Å². The number of piperazine rings is 1. The number of para-hydroxylation sites is 1. The molecule has 2 aromatic carbocycles. The number of hydrogen-bond donors (Lipinski definition) is 4. The molecule has 6 rings (SSSR count). The lowest BCUT2D eigenvalue weighted by Crippen LogP contribution is -2.66. The molecule has 13 heteroatoms. The molecule has 3 fully saturated rings. The van der Waals surface area contributed by atoms with Crippen LogP contribution in [0, 0.1) is 11.8 Å². The van der Waals surface area contributed by atoms with E-state index in [1.165, 1.54) is 11.3 Å². The normalized spacial score (nSPS) is 26.2. The number of carbonyl (C=O) groups excluding carboxylic acids is 4. The highest BCUT2D eigenvalue weighted by molar-refractivity contribution is 7.20. The summed E-state index contributed by atoms with van der Waals surface area (Å²) in [5, 5.41) is 3.39. The second-order valence-electron chi connectivity index (χ2n) is 11.3. The Kier molecular flexibility index (Phi) is 7.84. The van der Waals surface area contributed by atoms with Crippen molar-refractivity contribution < 1.29 is 19.2 Å². The van der Waals surface area contributed by atoms with Gasteiger partial charge in [-0.2, -0.15) is 0 Å². The van der Waals surface area contributed by atoms with Crippen molar-refractivity contribution in [1.82, 2.24) is 20.1 Å². The zero-order valence-electron chi connectivity index (χ0n) is 23.5. The molecule has 1 aromatic heterocycles. The predicted molar refractivity (Wildman–Crippen MR) is 162 cm³/mol. The number of thiazole rings is 1. The largest absolute Gasteiger partial charge is 0.370 e. The number of aromatic nitrogens is 1. The number of nitrogens with zero attached hydrogens (tertiary/aromatic N) is 4. The van der Waals surface area contributed by atoms with Crippen LogP contribution >= 0.6 is 11.3 Å². The monoisotopic (exact) mass is 602 g/mol. The summed E-state index contributed by atoms with van der Waals surface area (Å²) in [4.78, 5) is 65.8. The second-order valence-corrected chi connectivity index (χ2v) is 12.3. The van der Waals surface area contributed by atoms with E-state index in [-0.39, 0.29) is 60.9 Å². The van der Waals surface area contributed by atoms with Crippen molar-refractivity contribution in [3.05, 3.63) is 65.2 Å². The fourth-order valence-corrected chi connectivity index (χ4v) is 7.39. The average Bonchev–Trinajstić information content (AvgIpc) is 3.31. The molecule has 2 aliphatic heterocycles. The molecular formula is C30H34N8O4S. The molecule has 6 atom stereocenters. The standard InChI is InChI=1S/C30H34N8O4S/c31-13-21-29(42)38-17(15-37(21)23(39)12-16-6-2-1-3-7-16)10-11-20(38)27(41)36-25-18(14-34-30(32)33)24(25)26(40)28-35-19-8-4-5-9-22(19)43-28/h1-9,17-18,20-21,24-25H,10-15,31H2,(H,36,41)(H4,32,33,34). The molecule has 224 valence electrons. The lowest BCUT2D eigenvalue weighted by molar-refractivity contribution is -0.156. The molecule has 6 unspecified atom stereocenters. The molecule has 43 heavy (non-hydrogen) atoms. The molecule has 0 spiro atoms. The molecule has 2 saturated heterocycles. The van der Waals surface area contributed by atoms with Gasteiger partial charge in [-0.1, -0.05) is 42.5 Å². The zero-order valence-corrected chi connectivity index (χ0v) is 24.3. The van der Waals surface area contributed by atoms with Crippen molar-refractivity contribution in [3.63, 3.8) is 0 Å². The van der Waals surface area contributed by atoms with Gasteiger partial charge < -0.3 is 32.3 Å². The fourth-order valence-electron chi connectivity index (χ4n) is 6.44. The van der Waals surface area contributed by atoms with Crippen molar-refractivity contribution in [2.45, 2.75) is 43.4 Å². The summed E-state index contributed by atoms with van der Waals surface area (Å²) in [5.74, 6) is -1.94. The third kappa shape index (κ3) is 5.57. The zero-order chi connectivity index (χ0) is 30.2. The van der Waals surface area contributed by atoms with E-state index in [9.17, 15) is 19.2 Å². The Bertz CT molecular complexity index is 1560. The van der Waals surface area contributed by atoms with Crippen LogP contribution in [0.15, 0.2) is 59.6 Å². The Hall–Kier alpha value is -4.36. The number of nitrogens with one attached hydrogen (secondary N) is 1. The second kappa shape index (κ2) is 11.7. The van der Waals surface area contributed by atoms with E-state index >= 15 is 0 Å². The van der Waals surface area contributed by atoms with Crippen molar-refractivity contribution in [3.8, 4) is 0 Å². The highest BCUT2D eigenvalue weighted by Crippen LogP contribution is 2.43. The number of fused-ring (bicyclic) bond motifs is 2. The number of aliphatic imine (C=N–C) groups is 1. The number of hydrogen-bond acceptors (Lipinski definition) is 8. The number of ketones is 1. The van der Waals surface area contributed by atoms with Crippen LogP contribution in [0.1, 0.15) is 28.2 Å². The van der Waals surface area contributed by atoms with Crippen molar-refractivity contribution in [1.29, 1.82) is 0 Å². The summed E-state index contributed by atoms with van der Waals surface area (Å²) in [6, 6.07) is 14.5. The van der Waals surface area contributed by atoms with E-state index in [1.807, 2.05) is 54.6 Å². The summed E-state index contributed by atoms with van der Waals surface area (Å²) < 4.78 is 0.902. The Morgan fingerprint density at radius 1 is 1.05 bits per heavy atom. The Labute approximate surface area is 252 Å². The fraction of sp³-hybridized carbons (Fsp3) is 0.400. The van der Waals surface area contributed by atoms with Gasteiger partial charge in [0.1, 0.15) is 12.1 Å². The third-order valence-electron chi connectivity index (χ3n) is 8.64. The summed E-state index contributed by atoms with van der Waals surface area (Å²) in [5.41, 5.74) is 18.7. The van der Waals surface area contributed by atoms with E-state index in [2.05, 4.69) is 15.3 Å². The van der Waals surface area contributed by atoms with Gasteiger partial charge in [0.25, 0.3) is 0 Å². The molecule has 12 nitrogen and oxygen atoms in total. The van der Waals surface area contributed by atoms with E-state index < -0.39 is 24.0 Å². The lowest BCUT2D eigenvalue weighted by Gasteiger charge is -2.44. The number of carbonyl (C=O) groups is 4. The number of benzene rings is 2. The first kappa shape index (κ1) is 28.7. The van der Waals surface area contributed by atoms with E-state index in [4.69, 9.17) is 17.2 Å². The minimum atomic E-state index is -0.843. The van der Waals surface area contributed by atoms with E-state index in [1.54, 1.807) is 9.80 Å². The Balaban J connectivity index is 1.15. The first-order valence-corrected chi connectivity index (χ1v) is 15.2. The van der Waals surface area contributed by atoms with Gasteiger partial charge in [-0.15, -0.1) is 11.3 Å². The molecule has 1 saturated carbocycles. The molecule has 3 aliphatic rings. The molecular weight excluding hydrogens is 568 g/mol. The first-order valence-electron chi connectivity index (χ1n) is 14.4. The summed E-state index contributed by atoms with van der Waals surface area (Å²) in [6.07, 6.45) is 1.19. The number of nitrogens with two attached hydrogens (primary N) is 3. The molecule has 0 radical (unpaired) electrons. The van der Waals surface area contributed by atoms with Crippen LogP contribution in [-0.4, -0.2) is 88.0 Å². The Morgan fingerprint density at radius 3 is 2.51 bits per heavy atom. The predicted octanol–water partition coefficient (Wildman–Crippen LogP) is 0.255. The smallest absolute Gasteiger partial charge is 0.247 e. The van der Waals surface area contributed by atoms with E-state index in [0.717, 1.165) is 15.8 Å².